The predicted molar refractivity (Wildman–Crippen MR) is 46.1 cm³/mol. The lowest BCUT2D eigenvalue weighted by Gasteiger charge is -2.23. The van der Waals surface area contributed by atoms with Crippen molar-refractivity contribution in [2.24, 2.45) is 11.8 Å². The molecule has 0 aromatic rings. The lowest BCUT2D eigenvalue weighted by Crippen LogP contribution is -2.32. The van der Waals surface area contributed by atoms with Gasteiger partial charge in [-0.2, -0.15) is 5.06 Å². The van der Waals surface area contributed by atoms with Crippen LogP contribution in [0.2, 0.25) is 0 Å². The molecule has 0 amide bonds. The minimum atomic E-state index is 0.382. The van der Waals surface area contributed by atoms with E-state index < -0.39 is 0 Å². The van der Waals surface area contributed by atoms with Crippen molar-refractivity contribution in [2.45, 2.75) is 39.8 Å². The molecule has 0 N–H and O–H groups in total. The van der Waals surface area contributed by atoms with E-state index >= 15 is 0 Å². The summed E-state index contributed by atoms with van der Waals surface area (Å²) >= 11 is 0. The van der Waals surface area contributed by atoms with Gasteiger partial charge in [-0.1, -0.05) is 20.8 Å². The Kier molecular flexibility index (Phi) is 2.55. The summed E-state index contributed by atoms with van der Waals surface area (Å²) in [6.07, 6.45) is 0.382. The average molecular weight is 157 g/mol. The first kappa shape index (κ1) is 9.01. The molecule has 11 heavy (non-hydrogen) atoms. The zero-order chi connectivity index (χ0) is 8.59. The summed E-state index contributed by atoms with van der Waals surface area (Å²) in [5.74, 6) is 1.33. The highest BCUT2D eigenvalue weighted by Crippen LogP contribution is 2.30. The quantitative estimate of drug-likeness (QED) is 0.576. The summed E-state index contributed by atoms with van der Waals surface area (Å²) in [7, 11) is 2.03. The molecular weight excluding hydrogens is 138 g/mol. The van der Waals surface area contributed by atoms with Crippen LogP contribution in [-0.4, -0.2) is 24.3 Å². The molecule has 0 saturated carbocycles. The van der Waals surface area contributed by atoms with Crippen molar-refractivity contribution < 1.29 is 4.84 Å². The molecular formula is C9H19NO. The molecule has 1 fully saturated rings. The lowest BCUT2D eigenvalue weighted by molar-refractivity contribution is -0.144. The Hall–Kier alpha value is -0.0800. The molecule has 66 valence electrons. The van der Waals surface area contributed by atoms with E-state index in [1.165, 1.54) is 0 Å². The van der Waals surface area contributed by atoms with E-state index in [1.54, 1.807) is 0 Å². The first-order valence-corrected chi connectivity index (χ1v) is 4.43. The Balaban J connectivity index is 2.63. The predicted octanol–water partition coefficient (Wildman–Crippen LogP) is 1.91. The molecule has 0 radical (unpaired) electrons. The van der Waals surface area contributed by atoms with Crippen molar-refractivity contribution in [2.75, 3.05) is 7.05 Å². The van der Waals surface area contributed by atoms with Crippen molar-refractivity contribution in [3.05, 3.63) is 0 Å². The van der Waals surface area contributed by atoms with E-state index in [1.807, 2.05) is 12.1 Å². The molecule has 1 aliphatic heterocycles. The second kappa shape index (κ2) is 3.11. The Labute approximate surface area is 69.5 Å². The summed E-state index contributed by atoms with van der Waals surface area (Å²) in [5.41, 5.74) is 0. The van der Waals surface area contributed by atoms with Gasteiger partial charge in [-0.25, -0.2) is 0 Å². The summed E-state index contributed by atoms with van der Waals surface area (Å²) in [6, 6.07) is 0.588. The molecule has 1 heterocycles. The summed E-state index contributed by atoms with van der Waals surface area (Å²) in [5, 5.41) is 2.01. The molecule has 0 aromatic carbocycles. The lowest BCUT2D eigenvalue weighted by atomic mass is 9.90. The van der Waals surface area contributed by atoms with Gasteiger partial charge in [-0.3, -0.25) is 4.84 Å². The maximum atomic E-state index is 5.58. The molecule has 2 nitrogen and oxygen atoms in total. The van der Waals surface area contributed by atoms with Crippen molar-refractivity contribution >= 4 is 0 Å². The molecule has 3 atom stereocenters. The van der Waals surface area contributed by atoms with Gasteiger partial charge in [0.1, 0.15) is 0 Å². The van der Waals surface area contributed by atoms with Crippen molar-refractivity contribution in [3.8, 4) is 0 Å². The van der Waals surface area contributed by atoms with Gasteiger partial charge in [0.25, 0.3) is 0 Å². The maximum Gasteiger partial charge on any atom is 0.0806 e. The fraction of sp³-hybridized carbons (Fsp3) is 1.00. The SMILES string of the molecule is CC(C)C1C(C)C(C)ON1C. The zero-order valence-corrected chi connectivity index (χ0v) is 8.16. The monoisotopic (exact) mass is 157 g/mol. The van der Waals surface area contributed by atoms with E-state index in [0.717, 1.165) is 0 Å². The van der Waals surface area contributed by atoms with Crippen molar-refractivity contribution in [3.63, 3.8) is 0 Å². The third-order valence-electron chi connectivity index (χ3n) is 2.71. The second-order valence-corrected chi connectivity index (χ2v) is 3.95. The van der Waals surface area contributed by atoms with Crippen molar-refractivity contribution in [1.29, 1.82) is 0 Å². The van der Waals surface area contributed by atoms with Crippen LogP contribution in [0.15, 0.2) is 0 Å². The topological polar surface area (TPSA) is 12.5 Å². The number of nitrogens with zero attached hydrogens (tertiary/aromatic N) is 1. The van der Waals surface area contributed by atoms with Gasteiger partial charge < -0.3 is 0 Å². The fourth-order valence-electron chi connectivity index (χ4n) is 2.06. The second-order valence-electron chi connectivity index (χ2n) is 3.95. The first-order chi connectivity index (χ1) is 5.04. The highest BCUT2D eigenvalue weighted by atomic mass is 16.7. The molecule has 3 unspecified atom stereocenters. The number of hydroxylamine groups is 2. The van der Waals surface area contributed by atoms with Gasteiger partial charge in [0, 0.05) is 19.0 Å². The van der Waals surface area contributed by atoms with Crippen LogP contribution < -0.4 is 0 Å². The summed E-state index contributed by atoms with van der Waals surface area (Å²) in [6.45, 7) is 8.90. The van der Waals surface area contributed by atoms with Crippen LogP contribution in [0.3, 0.4) is 0 Å². The van der Waals surface area contributed by atoms with Crippen LogP contribution in [0.1, 0.15) is 27.7 Å². The summed E-state index contributed by atoms with van der Waals surface area (Å²) < 4.78 is 0. The van der Waals surface area contributed by atoms with E-state index in [-0.39, 0.29) is 0 Å². The number of hydrogen-bond donors (Lipinski definition) is 0. The van der Waals surface area contributed by atoms with Gasteiger partial charge in [0.15, 0.2) is 0 Å². The molecule has 0 bridgehead atoms. The third kappa shape index (κ3) is 1.57. The first-order valence-electron chi connectivity index (χ1n) is 4.43. The average Bonchev–Trinajstić information content (AvgIpc) is 2.07. The van der Waals surface area contributed by atoms with Crippen molar-refractivity contribution in [1.82, 2.24) is 5.06 Å². The van der Waals surface area contributed by atoms with Gasteiger partial charge in [-0.05, 0) is 12.8 Å². The van der Waals surface area contributed by atoms with Crippen LogP contribution in [0.4, 0.5) is 0 Å². The van der Waals surface area contributed by atoms with Gasteiger partial charge in [0.05, 0.1) is 6.10 Å². The molecule has 1 aliphatic rings. The summed E-state index contributed by atoms with van der Waals surface area (Å²) in [4.78, 5) is 5.58. The van der Waals surface area contributed by atoms with E-state index in [4.69, 9.17) is 4.84 Å². The molecule has 1 saturated heterocycles. The molecule has 1 rings (SSSR count). The van der Waals surface area contributed by atoms with Crippen LogP contribution in [0.5, 0.6) is 0 Å². The van der Waals surface area contributed by atoms with Gasteiger partial charge >= 0.3 is 0 Å². The smallest absolute Gasteiger partial charge is 0.0806 e. The van der Waals surface area contributed by atoms with E-state index in [2.05, 4.69) is 27.7 Å². The number of hydrogen-bond acceptors (Lipinski definition) is 2. The van der Waals surface area contributed by atoms with Gasteiger partial charge in [-0.15, -0.1) is 0 Å². The Morgan fingerprint density at radius 3 is 2.00 bits per heavy atom. The standard InChI is InChI=1S/C9H19NO/c1-6(2)9-7(3)8(4)11-10(9)5/h6-9H,1-5H3. The normalized spacial score (nSPS) is 40.4. The Morgan fingerprint density at radius 1 is 1.27 bits per heavy atom. The van der Waals surface area contributed by atoms with E-state index in [9.17, 15) is 0 Å². The highest BCUT2D eigenvalue weighted by Gasteiger charge is 2.37. The van der Waals surface area contributed by atoms with Gasteiger partial charge in [0.2, 0.25) is 0 Å². The van der Waals surface area contributed by atoms with E-state index in [0.29, 0.717) is 24.0 Å². The third-order valence-corrected chi connectivity index (χ3v) is 2.71. The Bertz CT molecular complexity index is 136. The zero-order valence-electron chi connectivity index (χ0n) is 8.16. The minimum absolute atomic E-state index is 0.382. The highest BCUT2D eigenvalue weighted by molar-refractivity contribution is 4.83. The fourth-order valence-corrected chi connectivity index (χ4v) is 2.06. The van der Waals surface area contributed by atoms with Crippen LogP contribution in [-0.2, 0) is 4.84 Å². The maximum absolute atomic E-state index is 5.58. The van der Waals surface area contributed by atoms with Crippen LogP contribution in [0.25, 0.3) is 0 Å². The van der Waals surface area contributed by atoms with Crippen LogP contribution >= 0.6 is 0 Å². The molecule has 0 spiro atoms. The molecule has 2 heteroatoms. The Morgan fingerprint density at radius 2 is 1.82 bits per heavy atom. The number of rotatable bonds is 1. The van der Waals surface area contributed by atoms with Crippen LogP contribution in [0, 0.1) is 11.8 Å². The molecule has 0 aromatic heterocycles. The molecule has 0 aliphatic carbocycles. The minimum Gasteiger partial charge on any atom is -0.296 e. The largest absolute Gasteiger partial charge is 0.296 e.